The first kappa shape index (κ1) is 23.8. The minimum atomic E-state index is -0.953. The molecule has 5 nitrogen and oxygen atoms in total. The van der Waals surface area contributed by atoms with Gasteiger partial charge in [0.15, 0.2) is 0 Å². The summed E-state index contributed by atoms with van der Waals surface area (Å²) >= 11 is 0. The van der Waals surface area contributed by atoms with Gasteiger partial charge in [-0.25, -0.2) is 0 Å². The molecule has 4 aromatic carbocycles. The van der Waals surface area contributed by atoms with E-state index in [1.165, 1.54) is 0 Å². The smallest absolute Gasteiger partial charge is 0.311 e. The second-order valence-corrected chi connectivity index (χ2v) is 8.34. The van der Waals surface area contributed by atoms with Crippen LogP contribution in [0.25, 0.3) is 0 Å². The van der Waals surface area contributed by atoms with Crippen molar-refractivity contribution >= 4 is 11.9 Å². The first-order chi connectivity index (χ1) is 17.0. The SMILES string of the molecule is O=C(O)C(Cc1ccccc1)c1ccccc1Oc1ccccc1C(Cc1ccccc1)C(=O)O. The lowest BCUT2D eigenvalue weighted by Crippen LogP contribution is -2.17. The zero-order valence-corrected chi connectivity index (χ0v) is 19.1. The van der Waals surface area contributed by atoms with Crippen LogP contribution < -0.4 is 4.74 Å². The molecule has 0 aromatic heterocycles. The first-order valence-corrected chi connectivity index (χ1v) is 11.4. The largest absolute Gasteiger partial charge is 0.481 e. The lowest BCUT2D eigenvalue weighted by Gasteiger charge is -2.21. The van der Waals surface area contributed by atoms with E-state index in [9.17, 15) is 19.8 Å². The molecule has 2 atom stereocenters. The highest BCUT2D eigenvalue weighted by atomic mass is 16.5. The van der Waals surface area contributed by atoms with Gasteiger partial charge >= 0.3 is 11.9 Å². The van der Waals surface area contributed by atoms with Gasteiger partial charge in [-0.2, -0.15) is 0 Å². The molecule has 0 saturated carbocycles. The van der Waals surface area contributed by atoms with Crippen LogP contribution in [-0.4, -0.2) is 22.2 Å². The quantitative estimate of drug-likeness (QED) is 0.286. The number of ether oxygens (including phenoxy) is 1. The predicted octanol–water partition coefficient (Wildman–Crippen LogP) is 6.30. The van der Waals surface area contributed by atoms with Crippen LogP contribution in [-0.2, 0) is 22.4 Å². The van der Waals surface area contributed by atoms with E-state index in [1.807, 2.05) is 60.7 Å². The van der Waals surface area contributed by atoms with Crippen molar-refractivity contribution < 1.29 is 24.5 Å². The maximum atomic E-state index is 12.2. The van der Waals surface area contributed by atoms with E-state index in [2.05, 4.69) is 0 Å². The van der Waals surface area contributed by atoms with E-state index in [-0.39, 0.29) is 0 Å². The van der Waals surface area contributed by atoms with Gasteiger partial charge in [0.2, 0.25) is 0 Å². The number of carboxylic acids is 2. The molecule has 5 heteroatoms. The fourth-order valence-corrected chi connectivity index (χ4v) is 4.20. The standard InChI is InChI=1S/C30H26O5/c31-29(32)25(19-21-11-3-1-4-12-21)23-15-7-9-17-27(23)35-28-18-10-8-16-24(28)26(30(33)34)20-22-13-5-2-6-14-22/h1-18,25-26H,19-20H2,(H,31,32)(H,33,34). The average Bonchev–Trinajstić information content (AvgIpc) is 2.88. The van der Waals surface area contributed by atoms with E-state index in [4.69, 9.17) is 4.74 Å². The van der Waals surface area contributed by atoms with Crippen LogP contribution in [0, 0.1) is 0 Å². The Morgan fingerprint density at radius 3 is 1.26 bits per heavy atom. The van der Waals surface area contributed by atoms with E-state index < -0.39 is 23.8 Å². The van der Waals surface area contributed by atoms with Gasteiger partial charge in [-0.05, 0) is 36.1 Å². The monoisotopic (exact) mass is 466 g/mol. The summed E-state index contributed by atoms with van der Waals surface area (Å²) in [5, 5.41) is 20.0. The highest BCUT2D eigenvalue weighted by Crippen LogP contribution is 2.37. The Kier molecular flexibility index (Phi) is 7.58. The molecule has 0 spiro atoms. The fourth-order valence-electron chi connectivity index (χ4n) is 4.20. The highest BCUT2D eigenvalue weighted by molar-refractivity contribution is 5.79. The minimum absolute atomic E-state index is 0.309. The summed E-state index contributed by atoms with van der Waals surface area (Å²) in [4.78, 5) is 24.5. The van der Waals surface area contributed by atoms with Gasteiger partial charge in [0.25, 0.3) is 0 Å². The number of hydrogen-bond acceptors (Lipinski definition) is 3. The van der Waals surface area contributed by atoms with Crippen molar-refractivity contribution in [2.24, 2.45) is 0 Å². The third-order valence-corrected chi connectivity index (χ3v) is 5.97. The second kappa shape index (κ2) is 11.2. The van der Waals surface area contributed by atoms with Crippen molar-refractivity contribution in [3.8, 4) is 11.5 Å². The number of para-hydroxylation sites is 2. The molecule has 176 valence electrons. The molecule has 0 amide bonds. The zero-order chi connectivity index (χ0) is 24.6. The number of hydrogen-bond donors (Lipinski definition) is 2. The molecule has 0 radical (unpaired) electrons. The summed E-state index contributed by atoms with van der Waals surface area (Å²) in [7, 11) is 0. The van der Waals surface area contributed by atoms with Crippen molar-refractivity contribution in [2.45, 2.75) is 24.7 Å². The van der Waals surface area contributed by atoms with E-state index in [0.29, 0.717) is 35.5 Å². The van der Waals surface area contributed by atoms with E-state index in [0.717, 1.165) is 11.1 Å². The summed E-state index contributed by atoms with van der Waals surface area (Å²) in [6.07, 6.45) is 0.619. The van der Waals surface area contributed by atoms with E-state index >= 15 is 0 Å². The summed E-state index contributed by atoms with van der Waals surface area (Å²) in [5.74, 6) is -2.75. The highest BCUT2D eigenvalue weighted by Gasteiger charge is 2.27. The molecule has 2 unspecified atom stereocenters. The van der Waals surface area contributed by atoms with Crippen molar-refractivity contribution in [2.75, 3.05) is 0 Å². The molecule has 0 bridgehead atoms. The predicted molar refractivity (Wildman–Crippen MR) is 134 cm³/mol. The van der Waals surface area contributed by atoms with Crippen LogP contribution in [0.15, 0.2) is 109 Å². The lowest BCUT2D eigenvalue weighted by molar-refractivity contribution is -0.139. The Bertz CT molecular complexity index is 1180. The maximum absolute atomic E-state index is 12.2. The first-order valence-electron chi connectivity index (χ1n) is 11.4. The molecule has 0 aliphatic carbocycles. The van der Waals surface area contributed by atoms with Crippen LogP contribution >= 0.6 is 0 Å². The van der Waals surface area contributed by atoms with Crippen LogP contribution in [0.3, 0.4) is 0 Å². The molecule has 0 saturated heterocycles. The van der Waals surface area contributed by atoms with Gasteiger partial charge in [-0.3, -0.25) is 9.59 Å². The number of carboxylic acid groups (broad SMARTS) is 2. The topological polar surface area (TPSA) is 83.8 Å². The summed E-state index contributed by atoms with van der Waals surface area (Å²) in [6.45, 7) is 0. The maximum Gasteiger partial charge on any atom is 0.311 e. The fraction of sp³-hybridized carbons (Fsp3) is 0.133. The molecule has 0 heterocycles. The van der Waals surface area contributed by atoms with Gasteiger partial charge in [-0.1, -0.05) is 97.1 Å². The Hall–Kier alpha value is -4.38. The van der Waals surface area contributed by atoms with E-state index in [1.54, 1.807) is 48.5 Å². The lowest BCUT2D eigenvalue weighted by atomic mass is 9.90. The molecular formula is C30H26O5. The summed E-state index contributed by atoms with van der Waals surface area (Å²) in [6, 6.07) is 33.0. The second-order valence-electron chi connectivity index (χ2n) is 8.34. The molecule has 0 aliphatic heterocycles. The Morgan fingerprint density at radius 1 is 0.543 bits per heavy atom. The molecule has 35 heavy (non-hydrogen) atoms. The molecule has 4 aromatic rings. The zero-order valence-electron chi connectivity index (χ0n) is 19.1. The molecule has 0 aliphatic rings. The number of rotatable bonds is 10. The third-order valence-electron chi connectivity index (χ3n) is 5.97. The normalized spacial score (nSPS) is 12.5. The van der Waals surface area contributed by atoms with Gasteiger partial charge in [-0.15, -0.1) is 0 Å². The van der Waals surface area contributed by atoms with Gasteiger partial charge in [0.05, 0.1) is 11.8 Å². The van der Waals surface area contributed by atoms with Gasteiger partial charge in [0, 0.05) is 11.1 Å². The third kappa shape index (κ3) is 5.95. The Labute approximate surface area is 204 Å². The van der Waals surface area contributed by atoms with Crippen molar-refractivity contribution in [3.05, 3.63) is 131 Å². The van der Waals surface area contributed by atoms with Crippen LogP contribution in [0.4, 0.5) is 0 Å². The minimum Gasteiger partial charge on any atom is -0.481 e. The average molecular weight is 467 g/mol. The number of aliphatic carboxylic acids is 2. The Morgan fingerprint density at radius 2 is 0.886 bits per heavy atom. The van der Waals surface area contributed by atoms with Crippen molar-refractivity contribution in [1.82, 2.24) is 0 Å². The van der Waals surface area contributed by atoms with Crippen LogP contribution in [0.1, 0.15) is 34.1 Å². The molecular weight excluding hydrogens is 440 g/mol. The van der Waals surface area contributed by atoms with Crippen LogP contribution in [0.2, 0.25) is 0 Å². The molecule has 0 fully saturated rings. The van der Waals surface area contributed by atoms with Crippen molar-refractivity contribution in [3.63, 3.8) is 0 Å². The Balaban J connectivity index is 1.68. The van der Waals surface area contributed by atoms with Gasteiger partial charge in [0.1, 0.15) is 11.5 Å². The summed E-state index contributed by atoms with van der Waals surface area (Å²) < 4.78 is 6.25. The number of carbonyl (C=O) groups is 2. The number of benzene rings is 4. The van der Waals surface area contributed by atoms with Crippen LogP contribution in [0.5, 0.6) is 11.5 Å². The van der Waals surface area contributed by atoms with Gasteiger partial charge < -0.3 is 14.9 Å². The molecule has 4 rings (SSSR count). The van der Waals surface area contributed by atoms with Crippen molar-refractivity contribution in [1.29, 1.82) is 0 Å². The summed E-state index contributed by atoms with van der Waals surface area (Å²) in [5.41, 5.74) is 2.88. The molecule has 2 N–H and O–H groups in total.